The second-order valence-electron chi connectivity index (χ2n) is 6.35. The summed E-state index contributed by atoms with van der Waals surface area (Å²) >= 11 is 0. The Labute approximate surface area is 158 Å². The van der Waals surface area contributed by atoms with Crippen LogP contribution in [0.1, 0.15) is 36.7 Å². The Morgan fingerprint density at radius 3 is 2.52 bits per heavy atom. The van der Waals surface area contributed by atoms with Crippen molar-refractivity contribution in [1.29, 1.82) is 0 Å². The molecule has 0 fully saturated rings. The summed E-state index contributed by atoms with van der Waals surface area (Å²) in [7, 11) is 0. The van der Waals surface area contributed by atoms with Crippen molar-refractivity contribution in [3.05, 3.63) is 53.6 Å². The van der Waals surface area contributed by atoms with Crippen LogP contribution >= 0.6 is 0 Å². The van der Waals surface area contributed by atoms with Gasteiger partial charge in [-0.2, -0.15) is 5.10 Å². The summed E-state index contributed by atoms with van der Waals surface area (Å²) < 4.78 is 7.60. The third-order valence-corrected chi connectivity index (χ3v) is 4.34. The molecule has 27 heavy (non-hydrogen) atoms. The molecule has 7 heteroatoms. The molecule has 1 amide bonds. The Hall–Kier alpha value is -3.22. The molecule has 0 spiro atoms. The topological polar surface area (TPSA) is 81.9 Å². The number of carbonyl (C=O) groups is 1. The number of carbonyl (C=O) groups excluding carboxylic acids is 1. The molecule has 0 saturated heterocycles. The Bertz CT molecular complexity index is 948. The van der Waals surface area contributed by atoms with Gasteiger partial charge in [-0.25, -0.2) is 14.6 Å². The molecule has 0 saturated carbocycles. The number of anilines is 1. The Balaban J connectivity index is 1.74. The Kier molecular flexibility index (Phi) is 5.49. The average Bonchev–Trinajstić information content (AvgIpc) is 2.91. The summed E-state index contributed by atoms with van der Waals surface area (Å²) in [6.07, 6.45) is 2.78. The highest BCUT2D eigenvalue weighted by Crippen LogP contribution is 2.23. The number of hydrogen-bond acceptors (Lipinski definition) is 5. The zero-order valence-corrected chi connectivity index (χ0v) is 16.0. The highest BCUT2D eigenvalue weighted by atomic mass is 16.5. The van der Waals surface area contributed by atoms with Crippen LogP contribution in [0.25, 0.3) is 5.82 Å². The molecule has 0 aliphatic carbocycles. The maximum Gasteiger partial charge on any atom is 0.224 e. The molecule has 0 unspecified atom stereocenters. The lowest BCUT2D eigenvalue weighted by molar-refractivity contribution is -0.116. The number of benzene rings is 1. The van der Waals surface area contributed by atoms with E-state index >= 15 is 0 Å². The second-order valence-corrected chi connectivity index (χ2v) is 6.35. The van der Waals surface area contributed by atoms with Gasteiger partial charge in [0, 0.05) is 23.9 Å². The van der Waals surface area contributed by atoms with Crippen LogP contribution in [0, 0.1) is 20.8 Å². The van der Waals surface area contributed by atoms with E-state index in [1.165, 1.54) is 6.33 Å². The van der Waals surface area contributed by atoms with Gasteiger partial charge in [0.15, 0.2) is 5.82 Å². The second kappa shape index (κ2) is 7.99. The number of ether oxygens (including phenoxy) is 1. The Morgan fingerprint density at radius 2 is 1.89 bits per heavy atom. The first-order valence-corrected chi connectivity index (χ1v) is 8.91. The van der Waals surface area contributed by atoms with E-state index in [1.807, 2.05) is 27.7 Å². The standard InChI is InChI=1S/C20H23N5O2/c1-5-6-19(26)23-16-7-9-17(10-8-16)27-20-11-18(21-12-22-20)25-15(4)13(2)14(3)24-25/h7-12H,5-6H2,1-4H3,(H,23,26). The van der Waals surface area contributed by atoms with E-state index in [0.717, 1.165) is 29.1 Å². The SMILES string of the molecule is CCCC(=O)Nc1ccc(Oc2cc(-n3nc(C)c(C)c3C)ncn2)cc1. The molecule has 2 heterocycles. The number of aromatic nitrogens is 4. The van der Waals surface area contributed by atoms with Gasteiger partial charge in [0.2, 0.25) is 11.8 Å². The molecule has 0 atom stereocenters. The van der Waals surface area contributed by atoms with Gasteiger partial charge in [0.05, 0.1) is 5.69 Å². The third-order valence-electron chi connectivity index (χ3n) is 4.34. The number of rotatable bonds is 6. The average molecular weight is 365 g/mol. The van der Waals surface area contributed by atoms with Crippen molar-refractivity contribution in [3.8, 4) is 17.4 Å². The summed E-state index contributed by atoms with van der Waals surface area (Å²) in [4.78, 5) is 20.1. The van der Waals surface area contributed by atoms with Crippen molar-refractivity contribution >= 4 is 11.6 Å². The van der Waals surface area contributed by atoms with Gasteiger partial charge < -0.3 is 10.1 Å². The molecule has 3 aromatic rings. The van der Waals surface area contributed by atoms with Crippen molar-refractivity contribution in [2.24, 2.45) is 0 Å². The summed E-state index contributed by atoms with van der Waals surface area (Å²) in [5.41, 5.74) is 3.87. The maximum absolute atomic E-state index is 11.6. The lowest BCUT2D eigenvalue weighted by Gasteiger charge is -2.09. The zero-order valence-electron chi connectivity index (χ0n) is 16.0. The van der Waals surface area contributed by atoms with E-state index in [9.17, 15) is 4.79 Å². The predicted octanol–water partition coefficient (Wildman–Crippen LogP) is 4.12. The highest BCUT2D eigenvalue weighted by molar-refractivity contribution is 5.90. The quantitative estimate of drug-likeness (QED) is 0.710. The van der Waals surface area contributed by atoms with Gasteiger partial charge in [-0.1, -0.05) is 6.92 Å². The summed E-state index contributed by atoms with van der Waals surface area (Å²) in [5.74, 6) is 1.70. The Morgan fingerprint density at radius 1 is 1.15 bits per heavy atom. The van der Waals surface area contributed by atoms with Crippen molar-refractivity contribution in [2.75, 3.05) is 5.32 Å². The van der Waals surface area contributed by atoms with Crippen LogP contribution in [-0.4, -0.2) is 25.7 Å². The molecule has 2 aromatic heterocycles. The van der Waals surface area contributed by atoms with E-state index in [4.69, 9.17) is 4.74 Å². The molecule has 0 aliphatic heterocycles. The van der Waals surface area contributed by atoms with Crippen LogP contribution in [0.2, 0.25) is 0 Å². The lowest BCUT2D eigenvalue weighted by atomic mass is 10.2. The molecule has 0 radical (unpaired) electrons. The molecular weight excluding hydrogens is 342 g/mol. The zero-order chi connectivity index (χ0) is 19.4. The summed E-state index contributed by atoms with van der Waals surface area (Å²) in [5, 5.41) is 7.36. The van der Waals surface area contributed by atoms with E-state index < -0.39 is 0 Å². The van der Waals surface area contributed by atoms with Gasteiger partial charge in [-0.3, -0.25) is 4.79 Å². The smallest absolute Gasteiger partial charge is 0.224 e. The van der Waals surface area contributed by atoms with Crippen LogP contribution in [0.5, 0.6) is 11.6 Å². The molecule has 1 N–H and O–H groups in total. The number of amides is 1. The minimum atomic E-state index is 0.00629. The normalized spacial score (nSPS) is 10.7. The first-order chi connectivity index (χ1) is 13.0. The van der Waals surface area contributed by atoms with Gasteiger partial charge in [-0.15, -0.1) is 0 Å². The molecule has 0 bridgehead atoms. The van der Waals surface area contributed by atoms with Gasteiger partial charge in [0.1, 0.15) is 12.1 Å². The van der Waals surface area contributed by atoms with Crippen molar-refractivity contribution in [3.63, 3.8) is 0 Å². The monoisotopic (exact) mass is 365 g/mol. The van der Waals surface area contributed by atoms with E-state index in [0.29, 0.717) is 23.9 Å². The lowest BCUT2D eigenvalue weighted by Crippen LogP contribution is -2.10. The van der Waals surface area contributed by atoms with Crippen molar-refractivity contribution in [2.45, 2.75) is 40.5 Å². The fourth-order valence-electron chi connectivity index (χ4n) is 2.62. The maximum atomic E-state index is 11.6. The van der Waals surface area contributed by atoms with Crippen molar-refractivity contribution in [1.82, 2.24) is 19.7 Å². The van der Waals surface area contributed by atoms with Crippen LogP contribution in [0.4, 0.5) is 5.69 Å². The molecule has 0 aliphatic rings. The highest BCUT2D eigenvalue weighted by Gasteiger charge is 2.11. The van der Waals surface area contributed by atoms with Crippen LogP contribution < -0.4 is 10.1 Å². The number of nitrogens with one attached hydrogen (secondary N) is 1. The number of nitrogens with zero attached hydrogens (tertiary/aromatic N) is 4. The van der Waals surface area contributed by atoms with E-state index in [1.54, 1.807) is 35.0 Å². The molecule has 3 rings (SSSR count). The first-order valence-electron chi connectivity index (χ1n) is 8.91. The van der Waals surface area contributed by atoms with Crippen LogP contribution in [-0.2, 0) is 4.79 Å². The number of hydrogen-bond donors (Lipinski definition) is 1. The van der Waals surface area contributed by atoms with Gasteiger partial charge >= 0.3 is 0 Å². The summed E-state index contributed by atoms with van der Waals surface area (Å²) in [6, 6.07) is 8.92. The first kappa shape index (κ1) is 18.6. The van der Waals surface area contributed by atoms with Crippen LogP contribution in [0.15, 0.2) is 36.7 Å². The van der Waals surface area contributed by atoms with Gasteiger partial charge in [-0.05, 0) is 57.0 Å². The van der Waals surface area contributed by atoms with E-state index in [2.05, 4.69) is 20.4 Å². The predicted molar refractivity (Wildman–Crippen MR) is 103 cm³/mol. The summed E-state index contributed by atoms with van der Waals surface area (Å²) in [6.45, 7) is 7.98. The minimum absolute atomic E-state index is 0.00629. The largest absolute Gasteiger partial charge is 0.439 e. The third kappa shape index (κ3) is 4.31. The molecule has 7 nitrogen and oxygen atoms in total. The molecule has 140 valence electrons. The van der Waals surface area contributed by atoms with Crippen LogP contribution in [0.3, 0.4) is 0 Å². The van der Waals surface area contributed by atoms with E-state index in [-0.39, 0.29) is 5.91 Å². The van der Waals surface area contributed by atoms with Crippen molar-refractivity contribution < 1.29 is 9.53 Å². The number of aryl methyl sites for hydroxylation is 1. The van der Waals surface area contributed by atoms with Gasteiger partial charge in [0.25, 0.3) is 0 Å². The minimum Gasteiger partial charge on any atom is -0.439 e. The fraction of sp³-hybridized carbons (Fsp3) is 0.300. The fourth-order valence-corrected chi connectivity index (χ4v) is 2.62. The molecule has 1 aromatic carbocycles. The molecular formula is C20H23N5O2.